The third-order valence-corrected chi connectivity index (χ3v) is 4.77. The summed E-state index contributed by atoms with van der Waals surface area (Å²) in [7, 11) is 1.07. The van der Waals surface area contributed by atoms with E-state index < -0.39 is 8.53 Å². The number of fused-ring (bicyclic) bond motifs is 1. The molecule has 0 saturated carbocycles. The fourth-order valence-corrected chi connectivity index (χ4v) is 3.99. The standard InChI is InChI=1S/C10H20NO2P/c1-3-4-5-9-6-10-8-13-14(12-2)11(10)7-9/h9-10H,3-8H2,1-2H3/t9-,10?,14?/m1/s1. The van der Waals surface area contributed by atoms with Crippen molar-refractivity contribution in [3.05, 3.63) is 0 Å². The molecule has 14 heavy (non-hydrogen) atoms. The average molecular weight is 217 g/mol. The normalized spacial score (nSPS) is 37.7. The second-order valence-electron chi connectivity index (χ2n) is 4.24. The lowest BCUT2D eigenvalue weighted by Crippen LogP contribution is -2.19. The molecule has 0 aromatic heterocycles. The molecule has 0 amide bonds. The number of rotatable bonds is 4. The summed E-state index contributed by atoms with van der Waals surface area (Å²) in [5, 5.41) is 0. The molecule has 82 valence electrons. The molecule has 0 aromatic carbocycles. The Kier molecular flexibility index (Phi) is 3.78. The monoisotopic (exact) mass is 217 g/mol. The molecule has 2 heterocycles. The maximum Gasteiger partial charge on any atom is 0.258 e. The van der Waals surface area contributed by atoms with E-state index in [9.17, 15) is 0 Å². The molecule has 2 aliphatic heterocycles. The van der Waals surface area contributed by atoms with Crippen LogP contribution in [0.2, 0.25) is 0 Å². The molecule has 0 bridgehead atoms. The Morgan fingerprint density at radius 3 is 3.14 bits per heavy atom. The molecule has 2 fully saturated rings. The van der Waals surface area contributed by atoms with Gasteiger partial charge in [-0.2, -0.15) is 0 Å². The lowest BCUT2D eigenvalue weighted by molar-refractivity contribution is 0.296. The van der Waals surface area contributed by atoms with Crippen LogP contribution < -0.4 is 0 Å². The topological polar surface area (TPSA) is 21.7 Å². The Labute approximate surface area is 87.7 Å². The SMILES string of the molecule is CCCC[C@@H]1CC2COP(OC)N2C1. The second kappa shape index (κ2) is 4.89. The molecule has 2 unspecified atom stereocenters. The van der Waals surface area contributed by atoms with Crippen molar-refractivity contribution in [3.63, 3.8) is 0 Å². The first kappa shape index (κ1) is 10.8. The molecule has 2 aliphatic rings. The van der Waals surface area contributed by atoms with Crippen LogP contribution in [0.5, 0.6) is 0 Å². The molecule has 0 aromatic rings. The summed E-state index contributed by atoms with van der Waals surface area (Å²) in [6, 6.07) is 0.655. The summed E-state index contributed by atoms with van der Waals surface area (Å²) in [6.45, 7) is 4.35. The lowest BCUT2D eigenvalue weighted by atomic mass is 9.99. The first-order chi connectivity index (χ1) is 6.85. The quantitative estimate of drug-likeness (QED) is 0.676. The van der Waals surface area contributed by atoms with E-state index >= 15 is 0 Å². The van der Waals surface area contributed by atoms with Gasteiger partial charge in [0.2, 0.25) is 0 Å². The molecule has 0 N–H and O–H groups in total. The zero-order valence-corrected chi connectivity index (χ0v) is 10.0. The molecule has 0 spiro atoms. The van der Waals surface area contributed by atoms with E-state index in [-0.39, 0.29) is 0 Å². The van der Waals surface area contributed by atoms with Crippen LogP contribution in [-0.4, -0.2) is 31.0 Å². The van der Waals surface area contributed by atoms with Crippen LogP contribution in [0.25, 0.3) is 0 Å². The van der Waals surface area contributed by atoms with Gasteiger partial charge >= 0.3 is 0 Å². The van der Waals surface area contributed by atoms with Crippen molar-refractivity contribution in [1.82, 2.24) is 4.67 Å². The minimum Gasteiger partial charge on any atom is -0.325 e. The van der Waals surface area contributed by atoms with Crippen molar-refractivity contribution in [1.29, 1.82) is 0 Å². The second-order valence-corrected chi connectivity index (χ2v) is 5.85. The molecule has 3 atom stereocenters. The summed E-state index contributed by atoms with van der Waals surface area (Å²) in [5.41, 5.74) is 0. The number of hydrogen-bond donors (Lipinski definition) is 0. The Bertz CT molecular complexity index is 191. The summed E-state index contributed by atoms with van der Waals surface area (Å²) in [4.78, 5) is 0. The molecular formula is C10H20NO2P. The van der Waals surface area contributed by atoms with Crippen molar-refractivity contribution in [3.8, 4) is 0 Å². The van der Waals surface area contributed by atoms with Crippen LogP contribution in [-0.2, 0) is 9.05 Å². The lowest BCUT2D eigenvalue weighted by Gasteiger charge is -2.18. The maximum atomic E-state index is 5.59. The third-order valence-electron chi connectivity index (χ3n) is 3.18. The van der Waals surface area contributed by atoms with E-state index in [1.165, 1.54) is 32.2 Å². The highest BCUT2D eigenvalue weighted by atomic mass is 31.2. The third kappa shape index (κ3) is 2.11. The van der Waals surface area contributed by atoms with Crippen molar-refractivity contribution in [2.24, 2.45) is 5.92 Å². The number of nitrogens with zero attached hydrogens (tertiary/aromatic N) is 1. The van der Waals surface area contributed by atoms with Gasteiger partial charge in [0.05, 0.1) is 6.61 Å². The van der Waals surface area contributed by atoms with Gasteiger partial charge in [-0.15, -0.1) is 0 Å². The smallest absolute Gasteiger partial charge is 0.258 e. The highest BCUT2D eigenvalue weighted by Crippen LogP contribution is 2.53. The van der Waals surface area contributed by atoms with E-state index in [1.54, 1.807) is 7.11 Å². The maximum absolute atomic E-state index is 5.59. The average Bonchev–Trinajstić information content (AvgIpc) is 2.73. The van der Waals surface area contributed by atoms with Gasteiger partial charge in [0.25, 0.3) is 8.53 Å². The summed E-state index contributed by atoms with van der Waals surface area (Å²) in [6.07, 6.45) is 5.40. The molecule has 2 saturated heterocycles. The summed E-state index contributed by atoms with van der Waals surface area (Å²) >= 11 is 0. The van der Waals surface area contributed by atoms with Crippen molar-refractivity contribution in [2.45, 2.75) is 38.6 Å². The van der Waals surface area contributed by atoms with Gasteiger partial charge in [0.15, 0.2) is 0 Å². The first-order valence-corrected chi connectivity index (χ1v) is 6.72. The van der Waals surface area contributed by atoms with Crippen LogP contribution in [0.1, 0.15) is 32.6 Å². The van der Waals surface area contributed by atoms with Gasteiger partial charge in [-0.3, -0.25) is 0 Å². The Morgan fingerprint density at radius 2 is 2.43 bits per heavy atom. The predicted octanol–water partition coefficient (Wildman–Crippen LogP) is 2.77. The van der Waals surface area contributed by atoms with Gasteiger partial charge in [0, 0.05) is 19.7 Å². The van der Waals surface area contributed by atoms with Gasteiger partial charge in [-0.05, 0) is 18.8 Å². The molecule has 4 heteroatoms. The molecule has 0 radical (unpaired) electrons. The Hall–Kier alpha value is 0.310. The minimum absolute atomic E-state index is 0.655. The number of unbranched alkanes of at least 4 members (excludes halogenated alkanes) is 1. The van der Waals surface area contributed by atoms with Crippen LogP contribution in [0.4, 0.5) is 0 Å². The van der Waals surface area contributed by atoms with E-state index in [1.807, 2.05) is 0 Å². The molecular weight excluding hydrogens is 197 g/mol. The zero-order chi connectivity index (χ0) is 9.97. The molecule has 2 rings (SSSR count). The zero-order valence-electron chi connectivity index (χ0n) is 9.11. The van der Waals surface area contributed by atoms with E-state index in [0.29, 0.717) is 6.04 Å². The highest BCUT2D eigenvalue weighted by molar-refractivity contribution is 7.44. The van der Waals surface area contributed by atoms with Crippen LogP contribution >= 0.6 is 8.53 Å². The van der Waals surface area contributed by atoms with E-state index in [4.69, 9.17) is 9.05 Å². The van der Waals surface area contributed by atoms with Gasteiger partial charge in [0.1, 0.15) is 0 Å². The Balaban J connectivity index is 1.82. The predicted molar refractivity (Wildman–Crippen MR) is 58.0 cm³/mol. The van der Waals surface area contributed by atoms with E-state index in [0.717, 1.165) is 12.5 Å². The fraction of sp³-hybridized carbons (Fsp3) is 1.00. The fourth-order valence-electron chi connectivity index (χ4n) is 2.43. The van der Waals surface area contributed by atoms with Gasteiger partial charge < -0.3 is 9.05 Å². The largest absolute Gasteiger partial charge is 0.325 e. The van der Waals surface area contributed by atoms with Crippen LogP contribution in [0.3, 0.4) is 0 Å². The summed E-state index contributed by atoms with van der Waals surface area (Å²) < 4.78 is 13.4. The van der Waals surface area contributed by atoms with Crippen LogP contribution in [0, 0.1) is 5.92 Å². The minimum atomic E-state index is -0.692. The van der Waals surface area contributed by atoms with E-state index in [2.05, 4.69) is 11.6 Å². The molecule has 3 nitrogen and oxygen atoms in total. The van der Waals surface area contributed by atoms with Crippen molar-refractivity contribution in [2.75, 3.05) is 20.3 Å². The molecule has 0 aliphatic carbocycles. The van der Waals surface area contributed by atoms with Gasteiger partial charge in [-0.25, -0.2) is 4.67 Å². The highest BCUT2D eigenvalue weighted by Gasteiger charge is 2.42. The number of hydrogen-bond acceptors (Lipinski definition) is 3. The van der Waals surface area contributed by atoms with Crippen LogP contribution in [0.15, 0.2) is 0 Å². The first-order valence-electron chi connectivity index (χ1n) is 5.58. The van der Waals surface area contributed by atoms with Gasteiger partial charge in [-0.1, -0.05) is 19.8 Å². The summed E-state index contributed by atoms with van der Waals surface area (Å²) in [5.74, 6) is 0.893. The van der Waals surface area contributed by atoms with Crippen molar-refractivity contribution < 1.29 is 9.05 Å². The Morgan fingerprint density at radius 1 is 1.57 bits per heavy atom. The van der Waals surface area contributed by atoms with Crippen molar-refractivity contribution >= 4 is 8.53 Å².